The summed E-state index contributed by atoms with van der Waals surface area (Å²) in [5.74, 6) is -0.839. The first kappa shape index (κ1) is 27.0. The maximum Gasteiger partial charge on any atom is 0.326 e. The van der Waals surface area contributed by atoms with Gasteiger partial charge in [0.15, 0.2) is 0 Å². The van der Waals surface area contributed by atoms with E-state index in [1.807, 2.05) is 103 Å². The highest BCUT2D eigenvalue weighted by molar-refractivity contribution is 7.99. The Labute approximate surface area is 238 Å². The lowest BCUT2D eigenvalue weighted by Gasteiger charge is -2.24. The third kappa shape index (κ3) is 7.30. The summed E-state index contributed by atoms with van der Waals surface area (Å²) in [7, 11) is 0. The Kier molecular flexibility index (Phi) is 8.79. The predicted octanol–water partition coefficient (Wildman–Crippen LogP) is 8.29. The van der Waals surface area contributed by atoms with Gasteiger partial charge in [-0.2, -0.15) is 0 Å². The van der Waals surface area contributed by atoms with Gasteiger partial charge in [-0.3, -0.25) is 9.69 Å². The molecular formula is C34H30N2O3S. The van der Waals surface area contributed by atoms with Crippen molar-refractivity contribution in [1.29, 1.82) is 0 Å². The van der Waals surface area contributed by atoms with Gasteiger partial charge in [-0.15, -0.1) is 0 Å². The lowest BCUT2D eigenvalue weighted by Crippen LogP contribution is -2.36. The summed E-state index contributed by atoms with van der Waals surface area (Å²) >= 11 is 1.60. The quantitative estimate of drug-likeness (QED) is 0.185. The van der Waals surface area contributed by atoms with Crippen molar-refractivity contribution in [3.8, 4) is 0 Å². The maximum atomic E-state index is 13.5. The molecule has 0 unspecified atom stereocenters. The number of aliphatic carboxylic acids is 1. The Balaban J connectivity index is 1.30. The number of carboxylic acids is 1. The van der Waals surface area contributed by atoms with Crippen LogP contribution in [0.4, 0.5) is 16.2 Å². The fourth-order valence-electron chi connectivity index (χ4n) is 4.57. The van der Waals surface area contributed by atoms with Crippen LogP contribution in [0.15, 0.2) is 131 Å². The molecule has 5 rings (SSSR count). The molecule has 0 saturated heterocycles. The third-order valence-corrected chi connectivity index (χ3v) is 7.61. The molecule has 0 bridgehead atoms. The second kappa shape index (κ2) is 13.0. The summed E-state index contributed by atoms with van der Waals surface area (Å²) in [6, 6.07) is 39.7. The predicted molar refractivity (Wildman–Crippen MR) is 163 cm³/mol. The SMILES string of the molecule is O=C(O)Cc1ccc(Sc2ccc(N(CCCc3ccccc3)C(=O)Nc3ccc4ccccc4c3)cc2)cc1. The Morgan fingerprint density at radius 2 is 1.35 bits per heavy atom. The van der Waals surface area contributed by atoms with E-state index in [2.05, 4.69) is 23.5 Å². The molecule has 5 aromatic carbocycles. The first-order chi connectivity index (χ1) is 19.5. The number of carbonyl (C=O) groups is 2. The van der Waals surface area contributed by atoms with E-state index < -0.39 is 5.97 Å². The normalized spacial score (nSPS) is 10.8. The molecule has 0 heterocycles. The Morgan fingerprint density at radius 1 is 0.700 bits per heavy atom. The average Bonchev–Trinajstić information content (AvgIpc) is 2.97. The highest BCUT2D eigenvalue weighted by atomic mass is 32.2. The van der Waals surface area contributed by atoms with E-state index >= 15 is 0 Å². The Bertz CT molecular complexity index is 1590. The van der Waals surface area contributed by atoms with Crippen LogP contribution in [0.25, 0.3) is 10.8 Å². The van der Waals surface area contributed by atoms with E-state index in [1.165, 1.54) is 5.56 Å². The topological polar surface area (TPSA) is 69.6 Å². The molecular weight excluding hydrogens is 516 g/mol. The van der Waals surface area contributed by atoms with Gasteiger partial charge in [0.1, 0.15) is 0 Å². The number of nitrogens with zero attached hydrogens (tertiary/aromatic N) is 1. The lowest BCUT2D eigenvalue weighted by atomic mass is 10.1. The number of rotatable bonds is 10. The van der Waals surface area contributed by atoms with Crippen LogP contribution in [-0.2, 0) is 17.6 Å². The summed E-state index contributed by atoms with van der Waals surface area (Å²) in [5.41, 5.74) is 3.61. The van der Waals surface area contributed by atoms with Crippen molar-refractivity contribution >= 4 is 45.9 Å². The largest absolute Gasteiger partial charge is 0.481 e. The van der Waals surface area contributed by atoms with Gasteiger partial charge >= 0.3 is 12.0 Å². The number of carboxylic acid groups (broad SMARTS) is 1. The smallest absolute Gasteiger partial charge is 0.326 e. The summed E-state index contributed by atoms with van der Waals surface area (Å²) in [4.78, 5) is 28.3. The number of hydrogen-bond donors (Lipinski definition) is 2. The van der Waals surface area contributed by atoms with Gasteiger partial charge in [0.2, 0.25) is 0 Å². The number of anilines is 2. The molecule has 0 atom stereocenters. The zero-order chi connectivity index (χ0) is 27.7. The number of urea groups is 1. The molecule has 0 saturated carbocycles. The van der Waals surface area contributed by atoms with Crippen molar-refractivity contribution in [2.75, 3.05) is 16.8 Å². The molecule has 200 valence electrons. The minimum absolute atomic E-state index is 0.0149. The number of benzene rings is 5. The van der Waals surface area contributed by atoms with E-state index in [1.54, 1.807) is 16.7 Å². The van der Waals surface area contributed by atoms with Gasteiger partial charge in [-0.25, -0.2) is 4.79 Å². The molecule has 5 nitrogen and oxygen atoms in total. The monoisotopic (exact) mass is 546 g/mol. The second-order valence-electron chi connectivity index (χ2n) is 9.54. The van der Waals surface area contributed by atoms with Crippen LogP contribution in [-0.4, -0.2) is 23.7 Å². The summed E-state index contributed by atoms with van der Waals surface area (Å²) in [5, 5.41) is 14.3. The molecule has 2 amide bonds. The van der Waals surface area contributed by atoms with Crippen molar-refractivity contribution < 1.29 is 14.7 Å². The number of nitrogens with one attached hydrogen (secondary N) is 1. The molecule has 2 N–H and O–H groups in total. The van der Waals surface area contributed by atoms with E-state index in [0.717, 1.165) is 50.3 Å². The van der Waals surface area contributed by atoms with Crippen LogP contribution in [0.5, 0.6) is 0 Å². The van der Waals surface area contributed by atoms with E-state index in [9.17, 15) is 9.59 Å². The number of carbonyl (C=O) groups excluding carboxylic acids is 1. The van der Waals surface area contributed by atoms with Gasteiger partial charge in [0.25, 0.3) is 0 Å². The average molecular weight is 547 g/mol. The zero-order valence-electron chi connectivity index (χ0n) is 22.0. The van der Waals surface area contributed by atoms with Crippen molar-refractivity contribution in [2.45, 2.75) is 29.1 Å². The van der Waals surface area contributed by atoms with Crippen LogP contribution in [0.2, 0.25) is 0 Å². The van der Waals surface area contributed by atoms with Gasteiger partial charge in [0.05, 0.1) is 6.42 Å². The third-order valence-electron chi connectivity index (χ3n) is 6.60. The summed E-state index contributed by atoms with van der Waals surface area (Å²) < 4.78 is 0. The number of aryl methyl sites for hydroxylation is 1. The van der Waals surface area contributed by atoms with Gasteiger partial charge in [-0.05, 0) is 83.3 Å². The lowest BCUT2D eigenvalue weighted by molar-refractivity contribution is -0.136. The van der Waals surface area contributed by atoms with E-state index in [-0.39, 0.29) is 12.5 Å². The molecule has 0 radical (unpaired) electrons. The molecule has 0 aliphatic rings. The van der Waals surface area contributed by atoms with Crippen LogP contribution >= 0.6 is 11.8 Å². The number of fused-ring (bicyclic) bond motifs is 1. The second-order valence-corrected chi connectivity index (χ2v) is 10.7. The molecule has 0 aliphatic carbocycles. The summed E-state index contributed by atoms with van der Waals surface area (Å²) in [6.07, 6.45) is 1.72. The molecule has 5 aromatic rings. The molecule has 0 aromatic heterocycles. The zero-order valence-corrected chi connectivity index (χ0v) is 22.8. The standard InChI is InChI=1S/C34H30N2O3S/c37-33(38)23-26-12-18-31(19-13-26)40-32-20-16-30(17-21-32)36(22-6-9-25-7-2-1-3-8-25)34(39)35-29-15-14-27-10-4-5-11-28(27)24-29/h1-5,7-8,10-21,24H,6,9,22-23H2,(H,35,39)(H,37,38). The molecule has 40 heavy (non-hydrogen) atoms. The van der Waals surface area contributed by atoms with Gasteiger partial charge in [-0.1, -0.05) is 84.6 Å². The highest BCUT2D eigenvalue weighted by Gasteiger charge is 2.16. The fraction of sp³-hybridized carbons (Fsp3) is 0.118. The van der Waals surface area contributed by atoms with E-state index in [4.69, 9.17) is 5.11 Å². The molecule has 0 fully saturated rings. The summed E-state index contributed by atoms with van der Waals surface area (Å²) in [6.45, 7) is 0.575. The first-order valence-electron chi connectivity index (χ1n) is 13.2. The minimum Gasteiger partial charge on any atom is -0.481 e. The van der Waals surface area contributed by atoms with Crippen molar-refractivity contribution in [3.63, 3.8) is 0 Å². The number of amides is 2. The van der Waals surface area contributed by atoms with Crippen LogP contribution in [0.1, 0.15) is 17.5 Å². The van der Waals surface area contributed by atoms with Crippen molar-refractivity contribution in [2.24, 2.45) is 0 Å². The molecule has 0 spiro atoms. The minimum atomic E-state index is -0.839. The van der Waals surface area contributed by atoms with Gasteiger partial charge < -0.3 is 10.4 Å². The van der Waals surface area contributed by atoms with E-state index in [0.29, 0.717) is 6.54 Å². The van der Waals surface area contributed by atoms with Crippen LogP contribution in [0.3, 0.4) is 0 Å². The first-order valence-corrected chi connectivity index (χ1v) is 14.0. The highest BCUT2D eigenvalue weighted by Crippen LogP contribution is 2.30. The Morgan fingerprint density at radius 3 is 2.05 bits per heavy atom. The van der Waals surface area contributed by atoms with Crippen LogP contribution < -0.4 is 10.2 Å². The van der Waals surface area contributed by atoms with Crippen molar-refractivity contribution in [1.82, 2.24) is 0 Å². The van der Waals surface area contributed by atoms with Crippen molar-refractivity contribution in [3.05, 3.63) is 132 Å². The maximum absolute atomic E-state index is 13.5. The molecule has 6 heteroatoms. The Hall–Kier alpha value is -4.55. The fourth-order valence-corrected chi connectivity index (χ4v) is 5.39. The van der Waals surface area contributed by atoms with Gasteiger partial charge in [0, 0.05) is 27.7 Å². The number of hydrogen-bond acceptors (Lipinski definition) is 3. The van der Waals surface area contributed by atoms with Crippen LogP contribution in [0, 0.1) is 0 Å². The molecule has 0 aliphatic heterocycles.